The molecule has 2 aliphatic carbocycles. The lowest BCUT2D eigenvalue weighted by atomic mass is 9.50. The molecule has 0 saturated heterocycles. The molecule has 0 aliphatic heterocycles. The predicted octanol–water partition coefficient (Wildman–Crippen LogP) is 3.84. The SMILES string of the molecule is CC(C)c1ccc2c(c1)CCC1C(C)(C(=O)O)CCCC21C.NCCO. The van der Waals surface area contributed by atoms with Crippen LogP contribution >= 0.6 is 0 Å². The molecule has 0 heterocycles. The van der Waals surface area contributed by atoms with Crippen molar-refractivity contribution in [2.24, 2.45) is 17.1 Å². The number of carboxylic acids is 1. The van der Waals surface area contributed by atoms with Crippen LogP contribution in [0.1, 0.15) is 76.0 Å². The molecule has 0 radical (unpaired) electrons. The van der Waals surface area contributed by atoms with E-state index in [0.717, 1.165) is 32.1 Å². The third-order valence-corrected chi connectivity index (χ3v) is 6.66. The largest absolute Gasteiger partial charge is 0.481 e. The number of carboxylic acid groups (broad SMARTS) is 1. The maximum atomic E-state index is 11.9. The fourth-order valence-electron chi connectivity index (χ4n) is 5.13. The Morgan fingerprint density at radius 1 is 1.31 bits per heavy atom. The van der Waals surface area contributed by atoms with Crippen molar-refractivity contribution in [2.75, 3.05) is 13.2 Å². The van der Waals surface area contributed by atoms with Crippen molar-refractivity contribution in [2.45, 2.75) is 71.1 Å². The predicted molar refractivity (Wildman–Crippen MR) is 105 cm³/mol. The first-order valence-electron chi connectivity index (χ1n) is 9.88. The number of aliphatic hydroxyl groups is 1. The van der Waals surface area contributed by atoms with Crippen LogP contribution in [-0.4, -0.2) is 29.3 Å². The summed E-state index contributed by atoms with van der Waals surface area (Å²) >= 11 is 0. The number of fused-ring (bicyclic) bond motifs is 3. The van der Waals surface area contributed by atoms with Gasteiger partial charge < -0.3 is 15.9 Å². The zero-order valence-electron chi connectivity index (χ0n) is 16.7. The van der Waals surface area contributed by atoms with Crippen LogP contribution in [0.2, 0.25) is 0 Å². The van der Waals surface area contributed by atoms with Gasteiger partial charge in [-0.2, -0.15) is 0 Å². The summed E-state index contributed by atoms with van der Waals surface area (Å²) in [5.41, 5.74) is 8.51. The van der Waals surface area contributed by atoms with Crippen LogP contribution in [0.4, 0.5) is 0 Å². The van der Waals surface area contributed by atoms with Crippen LogP contribution in [0.3, 0.4) is 0 Å². The monoisotopic (exact) mass is 361 g/mol. The third-order valence-electron chi connectivity index (χ3n) is 6.66. The molecular weight excluding hydrogens is 326 g/mol. The van der Waals surface area contributed by atoms with Crippen molar-refractivity contribution in [3.05, 3.63) is 34.9 Å². The zero-order chi connectivity index (χ0) is 19.5. The first kappa shape index (κ1) is 20.9. The Labute approximate surface area is 157 Å². The van der Waals surface area contributed by atoms with Gasteiger partial charge in [0.1, 0.15) is 0 Å². The second-order valence-corrected chi connectivity index (χ2v) is 8.67. The molecule has 3 atom stereocenters. The van der Waals surface area contributed by atoms with Gasteiger partial charge in [0.15, 0.2) is 0 Å². The molecule has 3 unspecified atom stereocenters. The maximum Gasteiger partial charge on any atom is 0.309 e. The zero-order valence-corrected chi connectivity index (χ0v) is 16.7. The van der Waals surface area contributed by atoms with Crippen molar-refractivity contribution in [1.82, 2.24) is 0 Å². The van der Waals surface area contributed by atoms with Gasteiger partial charge in [0.25, 0.3) is 0 Å². The van der Waals surface area contributed by atoms with Gasteiger partial charge in [-0.05, 0) is 66.5 Å². The lowest BCUT2D eigenvalue weighted by Crippen LogP contribution is -2.52. The second kappa shape index (κ2) is 8.10. The Balaban J connectivity index is 0.000000552. The maximum absolute atomic E-state index is 11.9. The number of hydrogen-bond donors (Lipinski definition) is 3. The summed E-state index contributed by atoms with van der Waals surface area (Å²) in [5.74, 6) is 0.195. The Bertz CT molecular complexity index is 640. The Kier molecular flexibility index (Phi) is 6.51. The van der Waals surface area contributed by atoms with Gasteiger partial charge in [0.05, 0.1) is 12.0 Å². The van der Waals surface area contributed by atoms with E-state index in [0.29, 0.717) is 12.5 Å². The highest BCUT2D eigenvalue weighted by atomic mass is 16.4. The Morgan fingerprint density at radius 3 is 2.50 bits per heavy atom. The van der Waals surface area contributed by atoms with Gasteiger partial charge in [-0.15, -0.1) is 0 Å². The van der Waals surface area contributed by atoms with Crippen molar-refractivity contribution in [1.29, 1.82) is 0 Å². The Morgan fingerprint density at radius 2 is 1.96 bits per heavy atom. The summed E-state index contributed by atoms with van der Waals surface area (Å²) in [5, 5.41) is 17.6. The van der Waals surface area contributed by atoms with E-state index in [4.69, 9.17) is 10.8 Å². The standard InChI is InChI=1S/C20H28O2.C2H7NO/c1-13(2)14-6-8-16-15(12-14)7-9-17-19(16,3)10-5-11-20(17,4)18(21)22;3-1-2-4/h6,8,12-13,17H,5,7,9-11H2,1-4H3,(H,21,22);4H,1-3H2. The van der Waals surface area contributed by atoms with E-state index in [2.05, 4.69) is 39.0 Å². The average molecular weight is 362 g/mol. The highest BCUT2D eigenvalue weighted by Gasteiger charge is 2.55. The highest BCUT2D eigenvalue weighted by molar-refractivity contribution is 5.75. The molecule has 0 bridgehead atoms. The molecule has 146 valence electrons. The lowest BCUT2D eigenvalue weighted by Gasteiger charge is -2.53. The number of aliphatic hydroxyl groups excluding tert-OH is 1. The number of carbonyl (C=O) groups is 1. The van der Waals surface area contributed by atoms with E-state index in [1.165, 1.54) is 16.7 Å². The normalized spacial score (nSPS) is 30.0. The quantitative estimate of drug-likeness (QED) is 0.764. The molecule has 4 N–H and O–H groups in total. The molecule has 0 aromatic heterocycles. The number of rotatable bonds is 3. The topological polar surface area (TPSA) is 83.5 Å². The molecular formula is C22H35NO3. The van der Waals surface area contributed by atoms with Crippen LogP contribution < -0.4 is 5.73 Å². The smallest absolute Gasteiger partial charge is 0.309 e. The fraction of sp³-hybridized carbons (Fsp3) is 0.682. The summed E-state index contributed by atoms with van der Waals surface area (Å²) in [7, 11) is 0. The minimum absolute atomic E-state index is 0.0223. The van der Waals surface area contributed by atoms with Gasteiger partial charge in [-0.3, -0.25) is 4.79 Å². The molecule has 26 heavy (non-hydrogen) atoms. The first-order valence-corrected chi connectivity index (χ1v) is 9.88. The summed E-state index contributed by atoms with van der Waals surface area (Å²) in [6.45, 7) is 9.23. The van der Waals surface area contributed by atoms with Crippen molar-refractivity contribution in [3.8, 4) is 0 Å². The van der Waals surface area contributed by atoms with E-state index < -0.39 is 11.4 Å². The molecule has 2 aliphatic rings. The number of aryl methyl sites for hydroxylation is 1. The van der Waals surface area contributed by atoms with E-state index in [1.54, 1.807) is 0 Å². The number of benzene rings is 1. The highest BCUT2D eigenvalue weighted by Crippen LogP contribution is 2.57. The van der Waals surface area contributed by atoms with E-state index in [-0.39, 0.29) is 17.9 Å². The molecule has 3 rings (SSSR count). The first-order chi connectivity index (χ1) is 12.2. The van der Waals surface area contributed by atoms with Crippen LogP contribution in [0, 0.1) is 11.3 Å². The summed E-state index contributed by atoms with van der Waals surface area (Å²) in [6, 6.07) is 6.92. The van der Waals surface area contributed by atoms with Crippen LogP contribution in [0.25, 0.3) is 0 Å². The second-order valence-electron chi connectivity index (χ2n) is 8.67. The number of aliphatic carboxylic acids is 1. The molecule has 1 saturated carbocycles. The minimum Gasteiger partial charge on any atom is -0.481 e. The molecule has 0 amide bonds. The summed E-state index contributed by atoms with van der Waals surface area (Å²) in [6.07, 6.45) is 4.99. The van der Waals surface area contributed by atoms with Crippen molar-refractivity contribution >= 4 is 5.97 Å². The summed E-state index contributed by atoms with van der Waals surface area (Å²) < 4.78 is 0. The fourth-order valence-corrected chi connectivity index (χ4v) is 5.13. The van der Waals surface area contributed by atoms with E-state index in [9.17, 15) is 9.90 Å². The lowest BCUT2D eigenvalue weighted by molar-refractivity contribution is -0.157. The van der Waals surface area contributed by atoms with E-state index >= 15 is 0 Å². The van der Waals surface area contributed by atoms with Gasteiger partial charge >= 0.3 is 5.97 Å². The molecule has 0 spiro atoms. The molecule has 1 aromatic carbocycles. The summed E-state index contributed by atoms with van der Waals surface area (Å²) in [4.78, 5) is 11.9. The molecule has 4 nitrogen and oxygen atoms in total. The molecule has 4 heteroatoms. The van der Waals surface area contributed by atoms with Crippen molar-refractivity contribution in [3.63, 3.8) is 0 Å². The number of nitrogens with two attached hydrogens (primary N) is 1. The molecule has 1 aromatic rings. The van der Waals surface area contributed by atoms with Crippen molar-refractivity contribution < 1.29 is 15.0 Å². The van der Waals surface area contributed by atoms with Crippen LogP contribution in [0.5, 0.6) is 0 Å². The van der Waals surface area contributed by atoms with Gasteiger partial charge in [-0.1, -0.05) is 45.4 Å². The van der Waals surface area contributed by atoms with Gasteiger partial charge in [0.2, 0.25) is 0 Å². The Hall–Kier alpha value is -1.39. The van der Waals surface area contributed by atoms with E-state index in [1.807, 2.05) is 6.92 Å². The third kappa shape index (κ3) is 3.67. The minimum atomic E-state index is -0.606. The van der Waals surface area contributed by atoms with Crippen LogP contribution in [0.15, 0.2) is 18.2 Å². The van der Waals surface area contributed by atoms with Crippen LogP contribution in [-0.2, 0) is 16.6 Å². The van der Waals surface area contributed by atoms with Gasteiger partial charge in [-0.25, -0.2) is 0 Å². The molecule has 1 fully saturated rings. The number of hydrogen-bond acceptors (Lipinski definition) is 3. The van der Waals surface area contributed by atoms with Gasteiger partial charge in [0, 0.05) is 6.54 Å². The average Bonchev–Trinajstić information content (AvgIpc) is 2.61.